The molecule has 1 saturated heterocycles. The van der Waals surface area contributed by atoms with Gasteiger partial charge in [-0.2, -0.15) is 0 Å². The number of aliphatic hydroxyl groups is 3. The van der Waals surface area contributed by atoms with Gasteiger partial charge in [0.15, 0.2) is 0 Å². The van der Waals surface area contributed by atoms with Gasteiger partial charge in [-0.25, -0.2) is 4.79 Å². The molecule has 9 heteroatoms. The molecule has 9 nitrogen and oxygen atoms in total. The van der Waals surface area contributed by atoms with E-state index in [1.165, 1.54) is 10.8 Å². The van der Waals surface area contributed by atoms with E-state index in [0.29, 0.717) is 13.1 Å². The van der Waals surface area contributed by atoms with Gasteiger partial charge in [0.05, 0.1) is 12.2 Å². The smallest absolute Gasteiger partial charge is 0.328 e. The average molecular weight is 315 g/mol. The van der Waals surface area contributed by atoms with Crippen LogP contribution in [-0.2, 0) is 11.3 Å². The van der Waals surface area contributed by atoms with Crippen LogP contribution in [0.25, 0.3) is 0 Å². The maximum atomic E-state index is 12.0. The molecule has 1 aliphatic heterocycles. The van der Waals surface area contributed by atoms with Gasteiger partial charge < -0.3 is 25.0 Å². The number of rotatable bonds is 5. The number of ether oxygens (including phenoxy) is 1. The quantitative estimate of drug-likeness (QED) is 0.464. The van der Waals surface area contributed by atoms with E-state index in [4.69, 9.17) is 9.84 Å². The molecule has 0 bridgehead atoms. The summed E-state index contributed by atoms with van der Waals surface area (Å²) in [6.07, 6.45) is -3.39. The minimum Gasteiger partial charge on any atom is -0.394 e. The van der Waals surface area contributed by atoms with Gasteiger partial charge in [0.2, 0.25) is 0 Å². The zero-order valence-corrected chi connectivity index (χ0v) is 12.5. The Hall–Kier alpha value is -1.52. The Labute approximate surface area is 126 Å². The van der Waals surface area contributed by atoms with Gasteiger partial charge in [-0.05, 0) is 14.1 Å². The lowest BCUT2D eigenvalue weighted by atomic mass is 10.0. The fourth-order valence-electron chi connectivity index (χ4n) is 2.36. The molecule has 1 aromatic heterocycles. The van der Waals surface area contributed by atoms with E-state index >= 15 is 0 Å². The van der Waals surface area contributed by atoms with Gasteiger partial charge in [0.25, 0.3) is 5.56 Å². The summed E-state index contributed by atoms with van der Waals surface area (Å²) in [4.78, 5) is 27.8. The standard InChI is InChI=1S/C13H21N3O6/c1-15(2)3-4-16-5-7(12(20)14-13(16)21)11-10(19)9(18)8(6-17)22-11/h5,8-11,17-19H,3-4,6H2,1-2H3,(H,14,20,21)/t8-,9-,10-,11+/m1/s1. The normalized spacial score (nSPS) is 28.5. The highest BCUT2D eigenvalue weighted by Gasteiger charge is 2.44. The largest absolute Gasteiger partial charge is 0.394 e. The van der Waals surface area contributed by atoms with Crippen molar-refractivity contribution in [3.05, 3.63) is 32.6 Å². The first kappa shape index (κ1) is 16.8. The molecule has 22 heavy (non-hydrogen) atoms. The lowest BCUT2D eigenvalue weighted by Gasteiger charge is -2.16. The molecule has 0 amide bonds. The van der Waals surface area contributed by atoms with E-state index in [2.05, 4.69) is 4.98 Å². The van der Waals surface area contributed by atoms with Crippen LogP contribution < -0.4 is 11.2 Å². The monoisotopic (exact) mass is 315 g/mol. The molecule has 0 radical (unpaired) electrons. The molecule has 4 N–H and O–H groups in total. The number of H-pyrrole nitrogens is 1. The zero-order valence-electron chi connectivity index (χ0n) is 12.5. The Bertz CT molecular complexity index is 625. The van der Waals surface area contributed by atoms with Crippen LogP contribution in [0.4, 0.5) is 0 Å². The molecule has 0 saturated carbocycles. The predicted octanol–water partition coefficient (Wildman–Crippen LogP) is -2.75. The molecule has 0 unspecified atom stereocenters. The average Bonchev–Trinajstić information content (AvgIpc) is 2.74. The van der Waals surface area contributed by atoms with Crippen LogP contribution in [0, 0.1) is 0 Å². The molecule has 4 atom stereocenters. The number of aromatic nitrogens is 2. The predicted molar refractivity (Wildman–Crippen MR) is 76.6 cm³/mol. The van der Waals surface area contributed by atoms with Crippen molar-refractivity contribution in [2.75, 3.05) is 27.2 Å². The maximum absolute atomic E-state index is 12.0. The summed E-state index contributed by atoms with van der Waals surface area (Å²) in [5.74, 6) is 0. The zero-order chi connectivity index (χ0) is 16.4. The lowest BCUT2D eigenvalue weighted by molar-refractivity contribution is -0.0233. The van der Waals surface area contributed by atoms with Gasteiger partial charge in [-0.3, -0.25) is 14.3 Å². The molecule has 1 fully saturated rings. The molecule has 124 valence electrons. The summed E-state index contributed by atoms with van der Waals surface area (Å²) < 4.78 is 6.64. The van der Waals surface area contributed by atoms with Crippen LogP contribution in [0.2, 0.25) is 0 Å². The Morgan fingerprint density at radius 1 is 1.32 bits per heavy atom. The van der Waals surface area contributed by atoms with Crippen LogP contribution >= 0.6 is 0 Å². The Morgan fingerprint density at radius 2 is 2.00 bits per heavy atom. The van der Waals surface area contributed by atoms with Gasteiger partial charge in [0.1, 0.15) is 24.4 Å². The number of aromatic amines is 1. The molecule has 1 aliphatic rings. The third-order valence-electron chi connectivity index (χ3n) is 3.68. The highest BCUT2D eigenvalue weighted by molar-refractivity contribution is 5.14. The highest BCUT2D eigenvalue weighted by atomic mass is 16.6. The summed E-state index contributed by atoms with van der Waals surface area (Å²) in [7, 11) is 3.70. The minimum atomic E-state index is -1.35. The first-order valence-electron chi connectivity index (χ1n) is 6.96. The van der Waals surface area contributed by atoms with Crippen LogP contribution in [-0.4, -0.2) is 75.3 Å². The summed E-state index contributed by atoms with van der Waals surface area (Å²) in [5.41, 5.74) is -1.19. The number of likely N-dealkylation sites (N-methyl/N-ethyl adjacent to an activating group) is 1. The summed E-state index contributed by atoms with van der Waals surface area (Å²) in [5, 5.41) is 28.8. The number of nitrogens with one attached hydrogen (secondary N) is 1. The van der Waals surface area contributed by atoms with E-state index in [0.717, 1.165) is 0 Å². The van der Waals surface area contributed by atoms with Gasteiger partial charge >= 0.3 is 5.69 Å². The van der Waals surface area contributed by atoms with E-state index in [9.17, 15) is 19.8 Å². The lowest BCUT2D eigenvalue weighted by Crippen LogP contribution is -2.37. The number of hydrogen-bond acceptors (Lipinski definition) is 7. The maximum Gasteiger partial charge on any atom is 0.328 e. The molecular formula is C13H21N3O6. The molecule has 2 heterocycles. The molecule has 0 spiro atoms. The number of nitrogens with zero attached hydrogens (tertiary/aromatic N) is 2. The van der Waals surface area contributed by atoms with Crippen molar-refractivity contribution in [1.82, 2.24) is 14.5 Å². The third kappa shape index (κ3) is 3.28. The summed E-state index contributed by atoms with van der Waals surface area (Å²) in [6, 6.07) is 0. The van der Waals surface area contributed by atoms with Gasteiger partial charge in [-0.15, -0.1) is 0 Å². The molecular weight excluding hydrogens is 294 g/mol. The molecule has 1 aromatic rings. The Balaban J connectivity index is 2.33. The van der Waals surface area contributed by atoms with Crippen molar-refractivity contribution in [2.45, 2.75) is 31.0 Å². The van der Waals surface area contributed by atoms with E-state index in [1.807, 2.05) is 19.0 Å². The van der Waals surface area contributed by atoms with E-state index in [1.54, 1.807) is 0 Å². The fourth-order valence-corrected chi connectivity index (χ4v) is 2.36. The van der Waals surface area contributed by atoms with E-state index < -0.39 is 42.3 Å². The minimum absolute atomic E-state index is 0.0425. The number of aliphatic hydroxyl groups excluding tert-OH is 3. The fraction of sp³-hybridized carbons (Fsp3) is 0.692. The third-order valence-corrected chi connectivity index (χ3v) is 3.68. The van der Waals surface area contributed by atoms with Crippen LogP contribution in [0.3, 0.4) is 0 Å². The first-order chi connectivity index (χ1) is 10.3. The van der Waals surface area contributed by atoms with Crippen LogP contribution in [0.1, 0.15) is 11.7 Å². The van der Waals surface area contributed by atoms with Crippen molar-refractivity contribution in [3.8, 4) is 0 Å². The van der Waals surface area contributed by atoms with Crippen LogP contribution in [0.5, 0.6) is 0 Å². The summed E-state index contributed by atoms with van der Waals surface area (Å²) in [6.45, 7) is 0.457. The second-order valence-corrected chi connectivity index (χ2v) is 5.60. The SMILES string of the molecule is CN(C)CCn1cc([C@@H]2O[C@H](CO)[C@@H](O)[C@H]2O)c(=O)[nH]c1=O. The van der Waals surface area contributed by atoms with E-state index in [-0.39, 0.29) is 5.56 Å². The second-order valence-electron chi connectivity index (χ2n) is 5.60. The number of hydrogen-bond donors (Lipinski definition) is 4. The topological polar surface area (TPSA) is 128 Å². The first-order valence-corrected chi connectivity index (χ1v) is 6.96. The Morgan fingerprint density at radius 3 is 2.55 bits per heavy atom. The van der Waals surface area contributed by atoms with Crippen molar-refractivity contribution in [1.29, 1.82) is 0 Å². The van der Waals surface area contributed by atoms with Crippen molar-refractivity contribution < 1.29 is 20.1 Å². The van der Waals surface area contributed by atoms with Crippen molar-refractivity contribution in [2.24, 2.45) is 0 Å². The summed E-state index contributed by atoms with van der Waals surface area (Å²) >= 11 is 0. The molecule has 2 rings (SSSR count). The van der Waals surface area contributed by atoms with Gasteiger partial charge in [-0.1, -0.05) is 0 Å². The molecule has 0 aromatic carbocycles. The molecule has 0 aliphatic carbocycles. The van der Waals surface area contributed by atoms with Crippen molar-refractivity contribution >= 4 is 0 Å². The van der Waals surface area contributed by atoms with Gasteiger partial charge in [0, 0.05) is 19.3 Å². The highest BCUT2D eigenvalue weighted by Crippen LogP contribution is 2.31. The van der Waals surface area contributed by atoms with Crippen LogP contribution in [0.15, 0.2) is 15.8 Å². The van der Waals surface area contributed by atoms with Crippen molar-refractivity contribution in [3.63, 3.8) is 0 Å². The Kier molecular flexibility index (Phi) is 5.14. The second kappa shape index (κ2) is 6.71.